The van der Waals surface area contributed by atoms with Crippen LogP contribution < -0.4 is 15.4 Å². The van der Waals surface area contributed by atoms with Crippen molar-refractivity contribution in [3.63, 3.8) is 0 Å². The highest BCUT2D eigenvalue weighted by Gasteiger charge is 2.42. The summed E-state index contributed by atoms with van der Waals surface area (Å²) in [5, 5.41) is 27.1. The van der Waals surface area contributed by atoms with E-state index in [0.29, 0.717) is 37.4 Å². The molecule has 2 aliphatic heterocycles. The molecule has 1 aromatic heterocycles. The van der Waals surface area contributed by atoms with Crippen LogP contribution >= 0.6 is 0 Å². The first kappa shape index (κ1) is 23.0. The van der Waals surface area contributed by atoms with Crippen LogP contribution in [0.2, 0.25) is 0 Å². The maximum atomic E-state index is 13.1. The van der Waals surface area contributed by atoms with Gasteiger partial charge in [-0.3, -0.25) is 14.5 Å². The Labute approximate surface area is 191 Å². The van der Waals surface area contributed by atoms with Crippen LogP contribution in [0.4, 0.5) is 0 Å². The molecule has 0 bridgehead atoms. The molecule has 2 fully saturated rings. The van der Waals surface area contributed by atoms with Gasteiger partial charge in [0.05, 0.1) is 31.0 Å². The number of nitrogens with one attached hydrogen (secondary N) is 3. The number of carbonyl (C=O) groups is 2. The monoisotopic (exact) mass is 455 g/mol. The SMILES string of the molecule is COc1cccc2[nH]c(C(O)N3C[C@H](OC)C[C@H]3C(=O)N[C@H](C#N)C[C@@H]3CCNC3=O)cc12. The van der Waals surface area contributed by atoms with Crippen LogP contribution in [0.1, 0.15) is 31.2 Å². The number of ether oxygens (including phenoxy) is 2. The van der Waals surface area contributed by atoms with E-state index in [1.807, 2.05) is 24.3 Å². The molecule has 4 rings (SSSR count). The van der Waals surface area contributed by atoms with Crippen LogP contribution in [0.3, 0.4) is 0 Å². The van der Waals surface area contributed by atoms with Crippen molar-refractivity contribution < 1.29 is 24.2 Å². The Kier molecular flexibility index (Phi) is 6.83. The predicted octanol–water partition coefficient (Wildman–Crippen LogP) is 0.791. The summed E-state index contributed by atoms with van der Waals surface area (Å²) in [4.78, 5) is 29.9. The van der Waals surface area contributed by atoms with Gasteiger partial charge in [0.15, 0.2) is 0 Å². The Bertz CT molecular complexity index is 1060. The molecule has 1 aromatic carbocycles. The van der Waals surface area contributed by atoms with Gasteiger partial charge in [-0.2, -0.15) is 5.26 Å². The zero-order valence-electron chi connectivity index (χ0n) is 18.7. The van der Waals surface area contributed by atoms with Gasteiger partial charge >= 0.3 is 0 Å². The van der Waals surface area contributed by atoms with E-state index in [-0.39, 0.29) is 30.3 Å². The largest absolute Gasteiger partial charge is 0.496 e. The van der Waals surface area contributed by atoms with E-state index in [2.05, 4.69) is 21.7 Å². The average Bonchev–Trinajstić information content (AvgIpc) is 3.55. The van der Waals surface area contributed by atoms with Gasteiger partial charge in [-0.05, 0) is 37.5 Å². The first-order chi connectivity index (χ1) is 15.9. The number of nitrogens with zero attached hydrogens (tertiary/aromatic N) is 2. The van der Waals surface area contributed by atoms with E-state index < -0.39 is 18.3 Å². The highest BCUT2D eigenvalue weighted by Crippen LogP contribution is 2.33. The highest BCUT2D eigenvalue weighted by molar-refractivity contribution is 5.87. The number of hydrogen-bond donors (Lipinski definition) is 4. The van der Waals surface area contributed by atoms with Crippen LogP contribution in [-0.2, 0) is 14.3 Å². The number of aromatic nitrogens is 1. The van der Waals surface area contributed by atoms with Crippen LogP contribution in [0, 0.1) is 17.2 Å². The minimum Gasteiger partial charge on any atom is -0.496 e. The third kappa shape index (κ3) is 4.66. The van der Waals surface area contributed by atoms with E-state index >= 15 is 0 Å². The average molecular weight is 456 g/mol. The summed E-state index contributed by atoms with van der Waals surface area (Å²) >= 11 is 0. The van der Waals surface area contributed by atoms with Gasteiger partial charge in [0.2, 0.25) is 11.8 Å². The van der Waals surface area contributed by atoms with Crippen molar-refractivity contribution in [3.8, 4) is 11.8 Å². The number of benzene rings is 1. The zero-order chi connectivity index (χ0) is 23.5. The van der Waals surface area contributed by atoms with Crippen LogP contribution in [0.5, 0.6) is 5.75 Å². The molecular weight excluding hydrogens is 426 g/mol. The zero-order valence-corrected chi connectivity index (χ0v) is 18.7. The Morgan fingerprint density at radius 1 is 1.42 bits per heavy atom. The van der Waals surface area contributed by atoms with Gasteiger partial charge in [0.25, 0.3) is 0 Å². The molecule has 0 saturated carbocycles. The molecule has 10 nitrogen and oxygen atoms in total. The number of fused-ring (bicyclic) bond motifs is 1. The van der Waals surface area contributed by atoms with E-state index in [0.717, 1.165) is 10.9 Å². The maximum absolute atomic E-state index is 13.1. The molecule has 3 heterocycles. The predicted molar refractivity (Wildman–Crippen MR) is 119 cm³/mol. The fourth-order valence-electron chi connectivity index (χ4n) is 4.73. The van der Waals surface area contributed by atoms with Gasteiger partial charge in [0, 0.05) is 37.0 Å². The quantitative estimate of drug-likeness (QED) is 0.461. The lowest BCUT2D eigenvalue weighted by Gasteiger charge is -2.28. The second kappa shape index (κ2) is 9.79. The van der Waals surface area contributed by atoms with E-state index in [1.54, 1.807) is 19.1 Å². The first-order valence-corrected chi connectivity index (χ1v) is 11.0. The minimum absolute atomic E-state index is 0.0869. The molecule has 2 aromatic rings. The molecule has 0 spiro atoms. The molecule has 0 aliphatic carbocycles. The molecule has 4 N–H and O–H groups in total. The number of carbonyl (C=O) groups excluding carboxylic acids is 2. The lowest BCUT2D eigenvalue weighted by atomic mass is 9.98. The van der Waals surface area contributed by atoms with Crippen molar-refractivity contribution in [2.45, 2.75) is 43.7 Å². The summed E-state index contributed by atoms with van der Waals surface area (Å²) < 4.78 is 10.9. The normalized spacial score (nSPS) is 24.9. The van der Waals surface area contributed by atoms with Crippen molar-refractivity contribution in [2.75, 3.05) is 27.3 Å². The number of aliphatic hydroxyl groups is 1. The van der Waals surface area contributed by atoms with Gasteiger partial charge in [-0.25, -0.2) is 0 Å². The molecule has 176 valence electrons. The number of rotatable bonds is 8. The Morgan fingerprint density at radius 3 is 2.91 bits per heavy atom. The second-order valence-corrected chi connectivity index (χ2v) is 8.53. The standard InChI is InChI=1S/C23H29N5O5/c1-32-15-9-19(22(30)26-14(11-24)8-13-6-7-25-21(13)29)28(12-15)23(31)18-10-16-17(27-18)4-3-5-20(16)33-2/h3-5,10,13-15,19,23,27,31H,6-9,12H2,1-2H3,(H,25,29)(H,26,30)/t13-,14-,15+,19-,23?/m0/s1. The molecule has 2 aliphatic rings. The smallest absolute Gasteiger partial charge is 0.238 e. The summed E-state index contributed by atoms with van der Waals surface area (Å²) in [5.41, 5.74) is 1.34. The molecule has 2 saturated heterocycles. The number of H-pyrrole nitrogens is 1. The van der Waals surface area contributed by atoms with E-state index in [1.165, 1.54) is 0 Å². The summed E-state index contributed by atoms with van der Waals surface area (Å²) in [6.07, 6.45) is -0.0322. The number of nitriles is 1. The number of aromatic amines is 1. The highest BCUT2D eigenvalue weighted by atomic mass is 16.5. The number of methoxy groups -OCH3 is 2. The Morgan fingerprint density at radius 2 is 2.24 bits per heavy atom. The Hall–Kier alpha value is -3.13. The van der Waals surface area contributed by atoms with Crippen molar-refractivity contribution in [1.82, 2.24) is 20.5 Å². The third-order valence-corrected chi connectivity index (χ3v) is 6.55. The molecular formula is C23H29N5O5. The van der Waals surface area contributed by atoms with Gasteiger partial charge in [-0.15, -0.1) is 0 Å². The molecule has 5 atom stereocenters. The summed E-state index contributed by atoms with van der Waals surface area (Å²) in [6, 6.07) is 8.00. The Balaban J connectivity index is 1.51. The van der Waals surface area contributed by atoms with Crippen LogP contribution in [0.15, 0.2) is 24.3 Å². The molecule has 1 unspecified atom stereocenters. The van der Waals surface area contributed by atoms with Gasteiger partial charge < -0.3 is 30.2 Å². The topological polar surface area (TPSA) is 140 Å². The first-order valence-electron chi connectivity index (χ1n) is 11.0. The molecule has 33 heavy (non-hydrogen) atoms. The fraction of sp³-hybridized carbons (Fsp3) is 0.522. The second-order valence-electron chi connectivity index (χ2n) is 8.53. The third-order valence-electron chi connectivity index (χ3n) is 6.55. The summed E-state index contributed by atoms with van der Waals surface area (Å²) in [6.45, 7) is 0.938. The maximum Gasteiger partial charge on any atom is 0.238 e. The molecule has 0 radical (unpaired) electrons. The number of hydrogen-bond acceptors (Lipinski definition) is 7. The summed E-state index contributed by atoms with van der Waals surface area (Å²) in [5.74, 6) is -0.0582. The molecule has 10 heteroatoms. The number of aliphatic hydroxyl groups excluding tert-OH is 1. The van der Waals surface area contributed by atoms with Crippen molar-refractivity contribution >= 4 is 22.7 Å². The van der Waals surface area contributed by atoms with Crippen molar-refractivity contribution in [2.24, 2.45) is 5.92 Å². The number of likely N-dealkylation sites (tertiary alicyclic amines) is 1. The van der Waals surface area contributed by atoms with Gasteiger partial charge in [0.1, 0.15) is 18.0 Å². The van der Waals surface area contributed by atoms with Crippen molar-refractivity contribution in [3.05, 3.63) is 30.0 Å². The van der Waals surface area contributed by atoms with Crippen LogP contribution in [-0.4, -0.2) is 72.3 Å². The number of amides is 2. The van der Waals surface area contributed by atoms with Crippen LogP contribution in [0.25, 0.3) is 10.9 Å². The summed E-state index contributed by atoms with van der Waals surface area (Å²) in [7, 11) is 3.16. The lowest BCUT2D eigenvalue weighted by Crippen LogP contribution is -2.48. The van der Waals surface area contributed by atoms with E-state index in [4.69, 9.17) is 9.47 Å². The fourth-order valence-corrected chi connectivity index (χ4v) is 4.73. The minimum atomic E-state index is -1.08. The van der Waals surface area contributed by atoms with Crippen molar-refractivity contribution in [1.29, 1.82) is 5.26 Å². The van der Waals surface area contributed by atoms with Gasteiger partial charge in [-0.1, -0.05) is 6.07 Å². The lowest BCUT2D eigenvalue weighted by molar-refractivity contribution is -0.130. The molecule has 2 amide bonds. The van der Waals surface area contributed by atoms with E-state index in [9.17, 15) is 20.0 Å².